The van der Waals surface area contributed by atoms with E-state index in [1.165, 1.54) is 38.5 Å². The molecule has 0 aromatic heterocycles. The molecule has 188 valence electrons. The summed E-state index contributed by atoms with van der Waals surface area (Å²) in [5.74, 6) is 8.94. The Morgan fingerprint density at radius 3 is 2.33 bits per heavy atom. The molecule has 4 unspecified atom stereocenters. The highest BCUT2D eigenvalue weighted by Gasteiger charge is 2.65. The van der Waals surface area contributed by atoms with Crippen molar-refractivity contribution in [1.29, 1.82) is 0 Å². The minimum Gasteiger partial charge on any atom is -0.462 e. The van der Waals surface area contributed by atoms with E-state index in [0.717, 1.165) is 18.8 Å². The van der Waals surface area contributed by atoms with Gasteiger partial charge in [0.25, 0.3) is 0 Å². The molecule has 0 aromatic carbocycles. The Hall–Kier alpha value is -1.10. The van der Waals surface area contributed by atoms with Crippen LogP contribution in [0.1, 0.15) is 99.3 Å². The zero-order valence-corrected chi connectivity index (χ0v) is 21.8. The van der Waals surface area contributed by atoms with Crippen LogP contribution in [0.4, 0.5) is 0 Å². The number of esters is 1. The van der Waals surface area contributed by atoms with E-state index in [-0.39, 0.29) is 29.4 Å². The van der Waals surface area contributed by atoms with Crippen molar-refractivity contribution in [2.24, 2.45) is 64.1 Å². The van der Waals surface area contributed by atoms with Crippen molar-refractivity contribution in [2.75, 3.05) is 0 Å². The van der Waals surface area contributed by atoms with E-state index >= 15 is 0 Å². The fraction of sp³-hybridized carbons (Fsp3) is 0.929. The molecule has 5 nitrogen and oxygen atoms in total. The van der Waals surface area contributed by atoms with Crippen LogP contribution in [0.5, 0.6) is 0 Å². The number of ether oxygens (including phenoxy) is 1. The van der Waals surface area contributed by atoms with Crippen molar-refractivity contribution in [3.05, 3.63) is 0 Å². The molecule has 11 atom stereocenters. The molecule has 4 saturated carbocycles. The molecular formula is C28H47NO4. The van der Waals surface area contributed by atoms with Gasteiger partial charge in [-0.3, -0.25) is 9.59 Å². The van der Waals surface area contributed by atoms with Gasteiger partial charge in [0.2, 0.25) is 0 Å². The lowest BCUT2D eigenvalue weighted by Crippen LogP contribution is -2.62. The third-order valence-electron chi connectivity index (χ3n) is 11.3. The first-order valence-electron chi connectivity index (χ1n) is 13.6. The molecule has 0 aromatic rings. The topological polar surface area (TPSA) is 78.6 Å². The molecule has 33 heavy (non-hydrogen) atoms. The molecule has 5 heteroatoms. The van der Waals surface area contributed by atoms with Gasteiger partial charge >= 0.3 is 11.9 Å². The molecule has 0 amide bonds. The van der Waals surface area contributed by atoms with E-state index in [1.807, 2.05) is 0 Å². The Bertz CT molecular complexity index is 754. The fourth-order valence-corrected chi connectivity index (χ4v) is 9.93. The monoisotopic (exact) mass is 461 g/mol. The van der Waals surface area contributed by atoms with Gasteiger partial charge in [0.15, 0.2) is 0 Å². The van der Waals surface area contributed by atoms with E-state index in [1.54, 1.807) is 6.92 Å². The predicted octanol–water partition coefficient (Wildman–Crippen LogP) is 5.90. The molecule has 0 heterocycles. The first-order valence-corrected chi connectivity index (χ1v) is 13.6. The number of carbonyl (C=O) groups excluding carboxylic acids is 2. The van der Waals surface area contributed by atoms with Gasteiger partial charge in [-0.25, -0.2) is 0 Å². The van der Waals surface area contributed by atoms with Crippen molar-refractivity contribution in [2.45, 2.75) is 105 Å². The highest BCUT2D eigenvalue weighted by Crippen LogP contribution is 2.70. The van der Waals surface area contributed by atoms with Crippen LogP contribution in [0.25, 0.3) is 0 Å². The summed E-state index contributed by atoms with van der Waals surface area (Å²) in [7, 11) is 0. The van der Waals surface area contributed by atoms with Crippen LogP contribution in [0, 0.1) is 58.2 Å². The molecule has 0 bridgehead atoms. The van der Waals surface area contributed by atoms with Gasteiger partial charge in [0.05, 0.1) is 6.42 Å². The summed E-state index contributed by atoms with van der Waals surface area (Å²) in [4.78, 5) is 28.8. The average Bonchev–Trinajstić information content (AvgIpc) is 3.11. The van der Waals surface area contributed by atoms with Gasteiger partial charge in [-0.2, -0.15) is 5.90 Å². The predicted molar refractivity (Wildman–Crippen MR) is 129 cm³/mol. The van der Waals surface area contributed by atoms with E-state index < -0.39 is 0 Å². The van der Waals surface area contributed by atoms with Crippen molar-refractivity contribution in [3.8, 4) is 0 Å². The summed E-state index contributed by atoms with van der Waals surface area (Å²) in [5.41, 5.74) is 0.528. The number of hydrogen-bond acceptors (Lipinski definition) is 5. The maximum atomic E-state index is 12.4. The highest BCUT2D eigenvalue weighted by atomic mass is 16.7. The normalized spacial score (nSPS) is 47.6. The standard InChI is InChI=1S/C28H47NO4/c1-7-19-23-14-16(2)10-12-28(23,6)22-11-13-27(5)20(17(3)15-24(31)33-29)8-9-21(27)25(22)26(19)32-18(4)30/h16-17,19-23,25-26H,7-15,29H2,1-6H3/t16-,17-,19-,20-,21?,22?,23+,25?,26?,27-,28-/m1/s1. The first-order chi connectivity index (χ1) is 15.6. The third-order valence-corrected chi connectivity index (χ3v) is 11.3. The van der Waals surface area contributed by atoms with Crippen molar-refractivity contribution in [1.82, 2.24) is 0 Å². The second-order valence-electron chi connectivity index (χ2n) is 12.8. The van der Waals surface area contributed by atoms with Crippen LogP contribution in [0.15, 0.2) is 0 Å². The van der Waals surface area contributed by atoms with Crippen LogP contribution in [0.3, 0.4) is 0 Å². The number of rotatable bonds is 5. The van der Waals surface area contributed by atoms with Crippen LogP contribution >= 0.6 is 0 Å². The molecule has 4 aliphatic rings. The largest absolute Gasteiger partial charge is 0.462 e. The lowest BCUT2D eigenvalue weighted by Gasteiger charge is -2.65. The molecule has 4 rings (SSSR count). The summed E-state index contributed by atoms with van der Waals surface area (Å²) in [6.45, 7) is 13.6. The molecule has 4 aliphatic carbocycles. The molecule has 0 aliphatic heterocycles. The maximum absolute atomic E-state index is 12.4. The Balaban J connectivity index is 1.70. The maximum Gasteiger partial charge on any atom is 0.324 e. The average molecular weight is 462 g/mol. The van der Waals surface area contributed by atoms with Crippen molar-refractivity contribution in [3.63, 3.8) is 0 Å². The minimum absolute atomic E-state index is 0.0357. The Kier molecular flexibility index (Phi) is 6.95. The second kappa shape index (κ2) is 9.17. The van der Waals surface area contributed by atoms with Crippen LogP contribution in [0.2, 0.25) is 0 Å². The molecule has 4 fully saturated rings. The number of fused-ring (bicyclic) bond motifs is 5. The molecule has 0 saturated heterocycles. The van der Waals surface area contributed by atoms with E-state index in [9.17, 15) is 9.59 Å². The van der Waals surface area contributed by atoms with Gasteiger partial charge in [-0.15, -0.1) is 0 Å². The second-order valence-corrected chi connectivity index (χ2v) is 12.8. The first kappa shape index (κ1) is 25.0. The summed E-state index contributed by atoms with van der Waals surface area (Å²) >= 11 is 0. The quantitative estimate of drug-likeness (QED) is 0.407. The third kappa shape index (κ3) is 4.04. The van der Waals surface area contributed by atoms with E-state index in [4.69, 9.17) is 10.6 Å². The Morgan fingerprint density at radius 2 is 1.70 bits per heavy atom. The zero-order valence-electron chi connectivity index (χ0n) is 21.8. The van der Waals surface area contributed by atoms with Crippen LogP contribution in [-0.2, 0) is 19.2 Å². The van der Waals surface area contributed by atoms with Gasteiger partial charge in [-0.1, -0.05) is 41.0 Å². The number of carbonyl (C=O) groups is 2. The fourth-order valence-electron chi connectivity index (χ4n) is 9.93. The van der Waals surface area contributed by atoms with Gasteiger partial charge < -0.3 is 9.57 Å². The van der Waals surface area contributed by atoms with Gasteiger partial charge in [-0.05, 0) is 97.2 Å². The van der Waals surface area contributed by atoms with Crippen molar-refractivity contribution < 1.29 is 19.2 Å². The summed E-state index contributed by atoms with van der Waals surface area (Å²) in [6.07, 6.45) is 10.2. The van der Waals surface area contributed by atoms with E-state index in [0.29, 0.717) is 47.3 Å². The van der Waals surface area contributed by atoms with E-state index in [2.05, 4.69) is 39.5 Å². The lowest BCUT2D eigenvalue weighted by molar-refractivity contribution is -0.214. The van der Waals surface area contributed by atoms with Crippen LogP contribution < -0.4 is 5.90 Å². The lowest BCUT2D eigenvalue weighted by atomic mass is 9.41. The smallest absolute Gasteiger partial charge is 0.324 e. The zero-order chi connectivity index (χ0) is 24.1. The summed E-state index contributed by atoms with van der Waals surface area (Å²) in [5, 5.41) is 0. The van der Waals surface area contributed by atoms with Crippen LogP contribution in [-0.4, -0.2) is 18.0 Å². The van der Waals surface area contributed by atoms with Gasteiger partial charge in [0, 0.05) is 12.8 Å². The minimum atomic E-state index is -0.309. The Labute approximate surface area is 200 Å². The molecule has 2 N–H and O–H groups in total. The number of hydrogen-bond donors (Lipinski definition) is 1. The summed E-state index contributed by atoms with van der Waals surface area (Å²) in [6, 6.07) is 0. The SMILES string of the molecule is CC[C@H]1C(OC(C)=O)C2C3CC[C@H]([C@H](C)CC(=O)ON)[C@@]3(C)CCC2[C@@]2(C)CC[C@@H](C)C[C@@H]12. The molecule has 0 radical (unpaired) electrons. The van der Waals surface area contributed by atoms with Crippen molar-refractivity contribution >= 4 is 11.9 Å². The molecular weight excluding hydrogens is 414 g/mol. The number of nitrogens with two attached hydrogens (primary N) is 1. The summed E-state index contributed by atoms with van der Waals surface area (Å²) < 4.78 is 6.29. The van der Waals surface area contributed by atoms with Gasteiger partial charge in [0.1, 0.15) is 6.10 Å². The highest BCUT2D eigenvalue weighted by molar-refractivity contribution is 5.69. The Morgan fingerprint density at radius 1 is 1.03 bits per heavy atom. The molecule has 0 spiro atoms.